The molecule has 2 heterocycles. The molecule has 0 fully saturated rings. The summed E-state index contributed by atoms with van der Waals surface area (Å²) >= 11 is 0. The maximum Gasteiger partial charge on any atom is 0.266 e. The van der Waals surface area contributed by atoms with Gasteiger partial charge in [0, 0.05) is 29.9 Å². The van der Waals surface area contributed by atoms with E-state index in [9.17, 15) is 27.9 Å². The van der Waals surface area contributed by atoms with E-state index in [1.807, 2.05) is 6.07 Å². The van der Waals surface area contributed by atoms with Crippen molar-refractivity contribution in [2.45, 2.75) is 26.0 Å². The second-order valence-corrected chi connectivity index (χ2v) is 8.52. The molecule has 0 radical (unpaired) electrons. The lowest BCUT2D eigenvalue weighted by molar-refractivity contribution is 0.0735. The number of fused-ring (bicyclic) bond motifs is 2. The van der Waals surface area contributed by atoms with Gasteiger partial charge in [-0.3, -0.25) is 9.59 Å². The number of aliphatic hydroxyl groups is 1. The molecule has 0 atom stereocenters. The van der Waals surface area contributed by atoms with Gasteiger partial charge >= 0.3 is 0 Å². The first-order valence-electron chi connectivity index (χ1n) is 11.2. The minimum Gasteiger partial charge on any atom is -0.388 e. The lowest BCUT2D eigenvalue weighted by atomic mass is 9.96. The van der Waals surface area contributed by atoms with E-state index >= 15 is 0 Å². The van der Waals surface area contributed by atoms with Crippen LogP contribution in [-0.4, -0.2) is 38.3 Å². The van der Waals surface area contributed by atoms with Crippen LogP contribution in [0.2, 0.25) is 0 Å². The van der Waals surface area contributed by atoms with E-state index in [0.29, 0.717) is 47.5 Å². The van der Waals surface area contributed by atoms with Gasteiger partial charge in [0.15, 0.2) is 0 Å². The number of imidazole rings is 1. The van der Waals surface area contributed by atoms with Crippen LogP contribution in [0.3, 0.4) is 0 Å². The van der Waals surface area contributed by atoms with Gasteiger partial charge in [0.25, 0.3) is 18.2 Å². The summed E-state index contributed by atoms with van der Waals surface area (Å²) in [6, 6.07) is 13.2. The van der Waals surface area contributed by atoms with Crippen molar-refractivity contribution in [2.75, 3.05) is 11.9 Å². The average Bonchev–Trinajstić information content (AvgIpc) is 3.31. The van der Waals surface area contributed by atoms with Crippen molar-refractivity contribution in [1.82, 2.24) is 14.9 Å². The summed E-state index contributed by atoms with van der Waals surface area (Å²) in [5.41, 5.74) is 3.15. The number of amides is 2. The molecule has 3 aromatic carbocycles. The molecule has 0 aliphatic carbocycles. The first-order valence-corrected chi connectivity index (χ1v) is 11.2. The number of nitrogens with zero attached hydrogens (tertiary/aromatic N) is 2. The third-order valence-corrected chi connectivity index (χ3v) is 6.18. The molecule has 10 heteroatoms. The van der Waals surface area contributed by atoms with E-state index in [4.69, 9.17) is 0 Å². The highest BCUT2D eigenvalue weighted by atomic mass is 19.3. The number of aromatic nitrogens is 2. The number of carbonyl (C=O) groups excluding carboxylic acids is 2. The van der Waals surface area contributed by atoms with Gasteiger partial charge in [-0.15, -0.1) is 0 Å². The molecule has 4 aromatic rings. The smallest absolute Gasteiger partial charge is 0.266 e. The molecule has 0 saturated carbocycles. The van der Waals surface area contributed by atoms with Gasteiger partial charge < -0.3 is 20.3 Å². The number of benzene rings is 3. The number of alkyl halides is 2. The molecule has 0 unspecified atom stereocenters. The summed E-state index contributed by atoms with van der Waals surface area (Å²) in [5, 5.41) is 11.8. The molecule has 0 saturated heterocycles. The summed E-state index contributed by atoms with van der Waals surface area (Å²) in [6.45, 7) is 0.571. The lowest BCUT2D eigenvalue weighted by Gasteiger charge is -2.29. The Morgan fingerprint density at radius 3 is 2.64 bits per heavy atom. The quantitative estimate of drug-likeness (QED) is 0.378. The second kappa shape index (κ2) is 9.46. The molecule has 0 bridgehead atoms. The van der Waals surface area contributed by atoms with Gasteiger partial charge in [-0.25, -0.2) is 18.2 Å². The predicted octanol–water partition coefficient (Wildman–Crippen LogP) is 4.58. The monoisotopic (exact) mass is 494 g/mol. The van der Waals surface area contributed by atoms with Gasteiger partial charge in [0.2, 0.25) is 0 Å². The number of hydrogen-bond donors (Lipinski definition) is 3. The van der Waals surface area contributed by atoms with E-state index in [0.717, 1.165) is 23.3 Å². The van der Waals surface area contributed by atoms with Crippen LogP contribution < -0.4 is 5.32 Å². The Balaban J connectivity index is 1.33. The molecule has 184 valence electrons. The Bertz CT molecular complexity index is 1480. The highest BCUT2D eigenvalue weighted by Crippen LogP contribution is 2.27. The van der Waals surface area contributed by atoms with Gasteiger partial charge in [0.05, 0.1) is 16.6 Å². The van der Waals surface area contributed by atoms with Crippen molar-refractivity contribution >= 4 is 28.5 Å². The number of aromatic amines is 1. The van der Waals surface area contributed by atoms with Crippen LogP contribution in [0, 0.1) is 5.82 Å². The summed E-state index contributed by atoms with van der Waals surface area (Å²) in [5.74, 6) is -1.33. The van der Waals surface area contributed by atoms with E-state index in [1.54, 1.807) is 35.2 Å². The fourth-order valence-electron chi connectivity index (χ4n) is 4.32. The largest absolute Gasteiger partial charge is 0.388 e. The normalized spacial score (nSPS) is 13.2. The third-order valence-electron chi connectivity index (χ3n) is 6.18. The van der Waals surface area contributed by atoms with Crippen molar-refractivity contribution in [2.24, 2.45) is 0 Å². The first-order chi connectivity index (χ1) is 17.3. The van der Waals surface area contributed by atoms with Crippen LogP contribution in [0.4, 0.5) is 18.9 Å². The second-order valence-electron chi connectivity index (χ2n) is 8.52. The predicted molar refractivity (Wildman–Crippen MR) is 126 cm³/mol. The highest BCUT2D eigenvalue weighted by molar-refractivity contribution is 6.04. The van der Waals surface area contributed by atoms with E-state index in [2.05, 4.69) is 15.3 Å². The number of nitrogens with one attached hydrogen (secondary N) is 2. The number of H-pyrrole nitrogens is 1. The number of aliphatic hydroxyl groups excluding tert-OH is 1. The molecule has 5 rings (SSSR count). The van der Waals surface area contributed by atoms with Crippen LogP contribution in [0.15, 0.2) is 54.6 Å². The van der Waals surface area contributed by atoms with E-state index in [1.165, 1.54) is 6.07 Å². The fourth-order valence-corrected chi connectivity index (χ4v) is 4.32. The third kappa shape index (κ3) is 4.55. The Morgan fingerprint density at radius 2 is 1.86 bits per heavy atom. The van der Waals surface area contributed by atoms with Crippen LogP contribution in [0.5, 0.6) is 0 Å². The Kier molecular flexibility index (Phi) is 6.19. The van der Waals surface area contributed by atoms with E-state index in [-0.39, 0.29) is 18.2 Å². The van der Waals surface area contributed by atoms with Gasteiger partial charge in [-0.1, -0.05) is 6.07 Å². The summed E-state index contributed by atoms with van der Waals surface area (Å²) < 4.78 is 39.5. The zero-order valence-corrected chi connectivity index (χ0v) is 18.9. The number of carbonyl (C=O) groups is 2. The molecule has 1 aromatic heterocycles. The van der Waals surface area contributed by atoms with Gasteiger partial charge in [0.1, 0.15) is 18.2 Å². The molecule has 36 heavy (non-hydrogen) atoms. The maximum atomic E-state index is 13.5. The maximum absolute atomic E-state index is 13.5. The van der Waals surface area contributed by atoms with Gasteiger partial charge in [-0.05, 0) is 66.1 Å². The van der Waals surface area contributed by atoms with Crippen molar-refractivity contribution in [3.63, 3.8) is 0 Å². The van der Waals surface area contributed by atoms with Crippen molar-refractivity contribution in [3.8, 4) is 0 Å². The highest BCUT2D eigenvalue weighted by Gasteiger charge is 2.23. The molecular weight excluding hydrogens is 473 g/mol. The lowest BCUT2D eigenvalue weighted by Crippen LogP contribution is -2.36. The molecular formula is C26H21F3N4O3. The summed E-state index contributed by atoms with van der Waals surface area (Å²) in [4.78, 5) is 34.8. The number of rotatable bonds is 5. The van der Waals surface area contributed by atoms with Crippen LogP contribution in [-0.2, 0) is 19.6 Å². The molecule has 7 nitrogen and oxygen atoms in total. The fraction of sp³-hybridized carbons (Fsp3) is 0.192. The number of hydrogen-bond acceptors (Lipinski definition) is 4. The van der Waals surface area contributed by atoms with Crippen LogP contribution in [0.1, 0.15) is 49.7 Å². The van der Waals surface area contributed by atoms with Crippen molar-refractivity contribution in [3.05, 3.63) is 94.1 Å². The molecule has 3 N–H and O–H groups in total. The topological polar surface area (TPSA) is 98.3 Å². The molecule has 2 amide bonds. The molecule has 0 spiro atoms. The zero-order valence-electron chi connectivity index (χ0n) is 18.9. The van der Waals surface area contributed by atoms with Crippen LogP contribution in [0.25, 0.3) is 11.0 Å². The standard InChI is InChI=1S/C26H21F3N4O3/c27-20-5-4-18(11-19(20)24(28)29)30-25(35)15-2-1-14-7-8-33(12-17(14)9-15)26(36)16-3-6-21-22(10-16)32-23(13-34)31-21/h1-6,9-11,24,34H,7-8,12-13H2,(H,30,35)(H,31,32). The minimum atomic E-state index is -3.00. The summed E-state index contributed by atoms with van der Waals surface area (Å²) in [7, 11) is 0. The van der Waals surface area contributed by atoms with Crippen molar-refractivity contribution in [1.29, 1.82) is 0 Å². The van der Waals surface area contributed by atoms with Crippen LogP contribution >= 0.6 is 0 Å². The number of halogens is 3. The minimum absolute atomic E-state index is 0.0600. The Hall–Kier alpha value is -4.18. The SMILES string of the molecule is O=C(Nc1ccc(F)c(C(F)F)c1)c1ccc2c(c1)CN(C(=O)c1ccc3nc(CO)[nH]c3c1)CC2. The summed E-state index contributed by atoms with van der Waals surface area (Å²) in [6.07, 6.45) is -2.39. The van der Waals surface area contributed by atoms with E-state index < -0.39 is 23.7 Å². The zero-order chi connectivity index (χ0) is 25.4. The Morgan fingerprint density at radius 1 is 1.06 bits per heavy atom. The first kappa shape index (κ1) is 23.6. The van der Waals surface area contributed by atoms with Crippen molar-refractivity contribution < 1.29 is 27.9 Å². The van der Waals surface area contributed by atoms with Gasteiger partial charge in [-0.2, -0.15) is 0 Å². The number of anilines is 1. The molecule has 1 aliphatic heterocycles. The molecule has 1 aliphatic rings. The average molecular weight is 494 g/mol. The Labute approximate surface area is 203 Å².